The highest BCUT2D eigenvalue weighted by molar-refractivity contribution is 5.85. The summed E-state index contributed by atoms with van der Waals surface area (Å²) in [5.74, 6) is 1.22. The zero-order chi connectivity index (χ0) is 21.6. The molecule has 0 aliphatic carbocycles. The Bertz CT molecular complexity index is 817. The molecule has 0 fully saturated rings. The molecular weight excluding hydrogens is 454 g/mol. The maximum absolute atomic E-state index is 12.8. The summed E-state index contributed by atoms with van der Waals surface area (Å²) in [5, 5.41) is 6.30. The minimum absolute atomic E-state index is 0. The number of nitrogens with one attached hydrogen (secondary N) is 2. The van der Waals surface area contributed by atoms with Crippen LogP contribution in [0.5, 0.6) is 11.5 Å². The third kappa shape index (κ3) is 11.4. The van der Waals surface area contributed by atoms with Gasteiger partial charge in [0.05, 0.1) is 14.2 Å². The van der Waals surface area contributed by atoms with Gasteiger partial charge in [-0.3, -0.25) is 4.79 Å². The van der Waals surface area contributed by atoms with Crippen LogP contribution in [-0.4, -0.2) is 39.8 Å². The third-order valence-corrected chi connectivity index (χ3v) is 4.60. The summed E-state index contributed by atoms with van der Waals surface area (Å²) in [6, 6.07) is 12.2. The second kappa shape index (κ2) is 17.3. The predicted molar refractivity (Wildman–Crippen MR) is 133 cm³/mol. The van der Waals surface area contributed by atoms with E-state index in [0.717, 1.165) is 49.4 Å². The number of carbonyl (C=O) groups is 1. The Labute approximate surface area is 202 Å². The number of hydrogen-bond acceptors (Lipinski definition) is 4. The van der Waals surface area contributed by atoms with Crippen molar-refractivity contribution >= 4 is 36.8 Å². The molecule has 0 aromatic heterocycles. The number of hydrogen-bond donors (Lipinski definition) is 2. The van der Waals surface area contributed by atoms with Crippen LogP contribution in [0.15, 0.2) is 48.5 Å². The van der Waals surface area contributed by atoms with Crippen molar-refractivity contribution in [2.75, 3.05) is 33.9 Å². The fraction of sp³-hybridized carbons (Fsp3) is 0.375. The van der Waals surface area contributed by atoms with Crippen molar-refractivity contribution in [3.63, 3.8) is 0 Å². The summed E-state index contributed by atoms with van der Waals surface area (Å²) in [7, 11) is 3.28. The second-order valence-corrected chi connectivity index (χ2v) is 6.90. The Morgan fingerprint density at radius 3 is 2.31 bits per heavy atom. The molecule has 0 saturated heterocycles. The zero-order valence-corrected chi connectivity index (χ0v) is 20.2. The smallest absolute Gasteiger partial charge is 0.223 e. The highest BCUT2D eigenvalue weighted by Gasteiger charge is 2.04. The van der Waals surface area contributed by atoms with E-state index in [-0.39, 0.29) is 36.5 Å². The number of halogens is 3. The number of ether oxygens (including phenoxy) is 2. The maximum Gasteiger partial charge on any atom is 0.223 e. The van der Waals surface area contributed by atoms with E-state index < -0.39 is 0 Å². The molecule has 0 atom stereocenters. The first kappa shape index (κ1) is 29.7. The van der Waals surface area contributed by atoms with Gasteiger partial charge in [-0.15, -0.1) is 24.8 Å². The number of amides is 1. The molecule has 2 rings (SSSR count). The standard InChI is InChI=1S/C24H31FN2O3.2ClH/c1-29-22-14-11-20(18-23(22)30-2)7-4-15-26-16-5-17-27-24(28)8-3-6-19-9-12-21(25)13-10-19;;/h3,6,9-14,18,26H,4-5,7-8,15-17H2,1-2H3,(H,27,28);2*1H/b6-3+;;. The van der Waals surface area contributed by atoms with E-state index in [1.54, 1.807) is 32.4 Å². The van der Waals surface area contributed by atoms with Crippen LogP contribution in [0.3, 0.4) is 0 Å². The molecule has 0 bridgehead atoms. The molecule has 0 aliphatic heterocycles. The fourth-order valence-electron chi connectivity index (χ4n) is 2.97. The molecule has 5 nitrogen and oxygen atoms in total. The quantitative estimate of drug-likeness (QED) is 0.398. The summed E-state index contributed by atoms with van der Waals surface area (Å²) in [6.07, 6.45) is 6.79. The Hall–Kier alpha value is -2.28. The van der Waals surface area contributed by atoms with Gasteiger partial charge < -0.3 is 20.1 Å². The monoisotopic (exact) mass is 486 g/mol. The Morgan fingerprint density at radius 2 is 1.62 bits per heavy atom. The lowest BCUT2D eigenvalue weighted by Crippen LogP contribution is -2.27. The van der Waals surface area contributed by atoms with E-state index in [9.17, 15) is 9.18 Å². The molecule has 0 unspecified atom stereocenters. The molecule has 0 saturated carbocycles. The van der Waals surface area contributed by atoms with Crippen LogP contribution in [0.2, 0.25) is 0 Å². The van der Waals surface area contributed by atoms with Gasteiger partial charge in [-0.2, -0.15) is 0 Å². The second-order valence-electron chi connectivity index (χ2n) is 6.90. The maximum atomic E-state index is 12.8. The van der Waals surface area contributed by atoms with Gasteiger partial charge in [0.25, 0.3) is 0 Å². The van der Waals surface area contributed by atoms with Crippen LogP contribution in [0, 0.1) is 5.82 Å². The zero-order valence-electron chi connectivity index (χ0n) is 18.6. The molecule has 8 heteroatoms. The third-order valence-electron chi connectivity index (χ3n) is 4.60. The van der Waals surface area contributed by atoms with Gasteiger partial charge >= 0.3 is 0 Å². The molecule has 2 aromatic carbocycles. The first-order chi connectivity index (χ1) is 14.6. The summed E-state index contributed by atoms with van der Waals surface area (Å²) in [6.45, 7) is 2.42. The first-order valence-corrected chi connectivity index (χ1v) is 10.2. The van der Waals surface area contributed by atoms with Gasteiger partial charge in [-0.1, -0.05) is 30.4 Å². The van der Waals surface area contributed by atoms with E-state index in [1.165, 1.54) is 17.7 Å². The Kier molecular flexibility index (Phi) is 16.1. The average Bonchev–Trinajstić information content (AvgIpc) is 2.76. The van der Waals surface area contributed by atoms with Crippen LogP contribution in [0.25, 0.3) is 6.08 Å². The van der Waals surface area contributed by atoms with Gasteiger partial charge in [0.2, 0.25) is 5.91 Å². The first-order valence-electron chi connectivity index (χ1n) is 10.2. The van der Waals surface area contributed by atoms with Crippen LogP contribution in [-0.2, 0) is 11.2 Å². The average molecular weight is 487 g/mol. The van der Waals surface area contributed by atoms with E-state index in [1.807, 2.05) is 18.2 Å². The highest BCUT2D eigenvalue weighted by atomic mass is 35.5. The summed E-state index contributed by atoms with van der Waals surface area (Å²) < 4.78 is 23.4. The molecular formula is C24H33Cl2FN2O3. The van der Waals surface area contributed by atoms with Crippen molar-refractivity contribution in [3.8, 4) is 11.5 Å². The lowest BCUT2D eigenvalue weighted by molar-refractivity contribution is -0.120. The molecule has 178 valence electrons. The van der Waals surface area contributed by atoms with Crippen molar-refractivity contribution in [1.29, 1.82) is 0 Å². The van der Waals surface area contributed by atoms with Crippen LogP contribution >= 0.6 is 24.8 Å². The molecule has 0 radical (unpaired) electrons. The van der Waals surface area contributed by atoms with E-state index >= 15 is 0 Å². The normalized spacial score (nSPS) is 10.2. The minimum Gasteiger partial charge on any atom is -0.493 e. The number of benzene rings is 2. The summed E-state index contributed by atoms with van der Waals surface area (Å²) in [5.41, 5.74) is 2.09. The minimum atomic E-state index is -0.264. The number of carbonyl (C=O) groups excluding carboxylic acids is 1. The van der Waals surface area contributed by atoms with Crippen LogP contribution in [0.1, 0.15) is 30.4 Å². The summed E-state index contributed by atoms with van der Waals surface area (Å²) in [4.78, 5) is 11.8. The molecule has 0 spiro atoms. The molecule has 0 heterocycles. The van der Waals surface area contributed by atoms with Crippen LogP contribution in [0.4, 0.5) is 4.39 Å². The highest BCUT2D eigenvalue weighted by Crippen LogP contribution is 2.27. The van der Waals surface area contributed by atoms with Gasteiger partial charge in [-0.05, 0) is 67.7 Å². The Balaban J connectivity index is 0.00000480. The van der Waals surface area contributed by atoms with Crippen LogP contribution < -0.4 is 20.1 Å². The van der Waals surface area contributed by atoms with E-state index in [2.05, 4.69) is 16.7 Å². The SMILES string of the molecule is COc1ccc(CCCNCCCNC(=O)C/C=C/c2ccc(F)cc2)cc1OC.Cl.Cl. The van der Waals surface area contributed by atoms with E-state index in [0.29, 0.717) is 13.0 Å². The van der Waals surface area contributed by atoms with Crippen molar-refractivity contribution in [2.24, 2.45) is 0 Å². The Morgan fingerprint density at radius 1 is 0.938 bits per heavy atom. The van der Waals surface area contributed by atoms with Crippen molar-refractivity contribution < 1.29 is 18.7 Å². The van der Waals surface area contributed by atoms with Crippen molar-refractivity contribution in [2.45, 2.75) is 25.7 Å². The van der Waals surface area contributed by atoms with Gasteiger partial charge in [-0.25, -0.2) is 4.39 Å². The fourth-order valence-corrected chi connectivity index (χ4v) is 2.97. The van der Waals surface area contributed by atoms with Gasteiger partial charge in [0.15, 0.2) is 11.5 Å². The molecule has 0 aliphatic rings. The molecule has 2 aromatic rings. The number of rotatable bonds is 13. The molecule has 32 heavy (non-hydrogen) atoms. The van der Waals surface area contributed by atoms with Crippen molar-refractivity contribution in [1.82, 2.24) is 10.6 Å². The molecule has 2 N–H and O–H groups in total. The van der Waals surface area contributed by atoms with Gasteiger partial charge in [0.1, 0.15) is 5.82 Å². The predicted octanol–water partition coefficient (Wildman–Crippen LogP) is 4.82. The summed E-state index contributed by atoms with van der Waals surface area (Å²) >= 11 is 0. The lowest BCUT2D eigenvalue weighted by Gasteiger charge is -2.10. The lowest BCUT2D eigenvalue weighted by atomic mass is 10.1. The van der Waals surface area contributed by atoms with Gasteiger partial charge in [0, 0.05) is 13.0 Å². The van der Waals surface area contributed by atoms with E-state index in [4.69, 9.17) is 9.47 Å². The topological polar surface area (TPSA) is 59.6 Å². The number of aryl methyl sites for hydroxylation is 1. The number of methoxy groups -OCH3 is 2. The largest absolute Gasteiger partial charge is 0.493 e. The molecule has 1 amide bonds. The van der Waals surface area contributed by atoms with Crippen molar-refractivity contribution in [3.05, 3.63) is 65.5 Å².